The summed E-state index contributed by atoms with van der Waals surface area (Å²) in [6.07, 6.45) is 0. The molecule has 0 saturated heterocycles. The second-order valence-corrected chi connectivity index (χ2v) is 5.30. The van der Waals surface area contributed by atoms with Gasteiger partial charge < -0.3 is 5.11 Å². The topological polar surface area (TPSA) is 20.2 Å². The van der Waals surface area contributed by atoms with Gasteiger partial charge in [-0.2, -0.15) is 0 Å². The van der Waals surface area contributed by atoms with E-state index in [0.717, 1.165) is 25.9 Å². The molecule has 0 spiro atoms. The summed E-state index contributed by atoms with van der Waals surface area (Å²) in [7, 11) is 0. The summed E-state index contributed by atoms with van der Waals surface area (Å²) in [6.45, 7) is 2.09. The van der Waals surface area contributed by atoms with Gasteiger partial charge in [0.05, 0.1) is 11.6 Å². The van der Waals surface area contributed by atoms with Crippen LogP contribution >= 0.6 is 23.4 Å². The highest BCUT2D eigenvalue weighted by Gasteiger charge is 2.03. The van der Waals surface area contributed by atoms with Crippen molar-refractivity contribution in [2.45, 2.75) is 23.3 Å². The number of aryl methyl sites for hydroxylation is 1. The molecule has 0 heterocycles. The van der Waals surface area contributed by atoms with Gasteiger partial charge in [-0.3, -0.25) is 0 Å². The Morgan fingerprint density at radius 3 is 2.59 bits per heavy atom. The van der Waals surface area contributed by atoms with Gasteiger partial charge in [0.15, 0.2) is 0 Å². The molecule has 2 aromatic carbocycles. The van der Waals surface area contributed by atoms with Crippen LogP contribution < -0.4 is 0 Å². The summed E-state index contributed by atoms with van der Waals surface area (Å²) in [5, 5.41) is 9.88. The molecule has 0 aliphatic rings. The molecule has 17 heavy (non-hydrogen) atoms. The molecule has 2 rings (SSSR count). The minimum atomic E-state index is 0.0862. The number of hydrogen-bond donors (Lipinski definition) is 1. The van der Waals surface area contributed by atoms with E-state index in [1.165, 1.54) is 0 Å². The lowest BCUT2D eigenvalue weighted by molar-refractivity contribution is 0.281. The Bertz CT molecular complexity index is 525. The third-order valence-corrected chi connectivity index (χ3v) is 4.06. The Kier molecular flexibility index (Phi) is 4.11. The average Bonchev–Trinajstić information content (AvgIpc) is 2.32. The Labute approximate surface area is 110 Å². The van der Waals surface area contributed by atoms with E-state index in [9.17, 15) is 0 Å². The van der Waals surface area contributed by atoms with Crippen LogP contribution in [0.3, 0.4) is 0 Å². The highest BCUT2D eigenvalue weighted by atomic mass is 35.5. The third kappa shape index (κ3) is 3.03. The molecule has 0 fully saturated rings. The Morgan fingerprint density at radius 1 is 1.18 bits per heavy atom. The van der Waals surface area contributed by atoms with E-state index in [2.05, 4.69) is 6.07 Å². The van der Waals surface area contributed by atoms with E-state index in [1.54, 1.807) is 11.8 Å². The van der Waals surface area contributed by atoms with Gasteiger partial charge in [-0.15, -0.1) is 0 Å². The van der Waals surface area contributed by atoms with Crippen molar-refractivity contribution in [3.63, 3.8) is 0 Å². The first kappa shape index (κ1) is 12.5. The second kappa shape index (κ2) is 5.58. The van der Waals surface area contributed by atoms with Gasteiger partial charge in [0.1, 0.15) is 0 Å². The smallest absolute Gasteiger partial charge is 0.0684 e. The van der Waals surface area contributed by atoms with E-state index >= 15 is 0 Å². The van der Waals surface area contributed by atoms with Crippen molar-refractivity contribution >= 4 is 23.4 Å². The molecule has 88 valence electrons. The Balaban J connectivity index is 2.25. The van der Waals surface area contributed by atoms with Crippen LogP contribution in [-0.2, 0) is 6.61 Å². The molecule has 0 atom stereocenters. The van der Waals surface area contributed by atoms with Crippen molar-refractivity contribution < 1.29 is 5.11 Å². The quantitative estimate of drug-likeness (QED) is 0.892. The number of halogens is 1. The standard InChI is InChI=1S/C14H13ClOS/c1-10-8-12(7-6-11(10)9-16)17-14-5-3-2-4-13(14)15/h2-8,16H,9H2,1H3. The van der Waals surface area contributed by atoms with Crippen molar-refractivity contribution in [3.8, 4) is 0 Å². The zero-order valence-corrected chi connectivity index (χ0v) is 11.1. The molecule has 0 amide bonds. The summed E-state index contributed by atoms with van der Waals surface area (Å²) in [4.78, 5) is 2.18. The minimum absolute atomic E-state index is 0.0862. The number of aliphatic hydroxyl groups excluding tert-OH is 1. The number of hydrogen-bond acceptors (Lipinski definition) is 2. The van der Waals surface area contributed by atoms with Crippen LogP contribution in [0.15, 0.2) is 52.3 Å². The Hall–Kier alpha value is -0.960. The van der Waals surface area contributed by atoms with Crippen LogP contribution in [0, 0.1) is 6.92 Å². The summed E-state index contributed by atoms with van der Waals surface area (Å²) in [6, 6.07) is 13.8. The van der Waals surface area contributed by atoms with Gasteiger partial charge in [0.25, 0.3) is 0 Å². The molecule has 2 aromatic rings. The van der Waals surface area contributed by atoms with Gasteiger partial charge >= 0.3 is 0 Å². The molecule has 0 radical (unpaired) electrons. The van der Waals surface area contributed by atoms with Crippen molar-refractivity contribution in [2.24, 2.45) is 0 Å². The highest BCUT2D eigenvalue weighted by Crippen LogP contribution is 2.33. The van der Waals surface area contributed by atoms with Crippen LogP contribution in [0.25, 0.3) is 0 Å². The van der Waals surface area contributed by atoms with Gasteiger partial charge in [0, 0.05) is 9.79 Å². The van der Waals surface area contributed by atoms with E-state index < -0.39 is 0 Å². The second-order valence-electron chi connectivity index (χ2n) is 3.78. The summed E-state index contributed by atoms with van der Waals surface area (Å²) < 4.78 is 0. The number of aliphatic hydroxyl groups is 1. The summed E-state index contributed by atoms with van der Waals surface area (Å²) in [5.74, 6) is 0. The zero-order valence-electron chi connectivity index (χ0n) is 9.48. The van der Waals surface area contributed by atoms with Crippen LogP contribution in [-0.4, -0.2) is 5.11 Å². The Morgan fingerprint density at radius 2 is 1.94 bits per heavy atom. The number of benzene rings is 2. The van der Waals surface area contributed by atoms with Gasteiger partial charge in [-0.05, 0) is 42.3 Å². The molecule has 0 aromatic heterocycles. The van der Waals surface area contributed by atoms with E-state index in [1.807, 2.05) is 43.3 Å². The first-order chi connectivity index (χ1) is 8.20. The van der Waals surface area contributed by atoms with Crippen LogP contribution in [0.2, 0.25) is 5.02 Å². The van der Waals surface area contributed by atoms with Crippen LogP contribution in [0.1, 0.15) is 11.1 Å². The maximum absolute atomic E-state index is 9.12. The minimum Gasteiger partial charge on any atom is -0.392 e. The fourth-order valence-corrected chi connectivity index (χ4v) is 2.75. The van der Waals surface area contributed by atoms with Crippen molar-refractivity contribution in [1.29, 1.82) is 0 Å². The molecular formula is C14H13ClOS. The SMILES string of the molecule is Cc1cc(Sc2ccccc2Cl)ccc1CO. The highest BCUT2D eigenvalue weighted by molar-refractivity contribution is 7.99. The maximum atomic E-state index is 9.12. The number of rotatable bonds is 3. The zero-order chi connectivity index (χ0) is 12.3. The molecular weight excluding hydrogens is 252 g/mol. The molecule has 0 saturated carbocycles. The molecule has 0 bridgehead atoms. The molecule has 0 aliphatic heterocycles. The van der Waals surface area contributed by atoms with E-state index in [-0.39, 0.29) is 6.61 Å². The first-order valence-electron chi connectivity index (χ1n) is 5.33. The van der Waals surface area contributed by atoms with E-state index in [0.29, 0.717) is 0 Å². The molecule has 0 aliphatic carbocycles. The van der Waals surface area contributed by atoms with E-state index in [4.69, 9.17) is 16.7 Å². The third-order valence-electron chi connectivity index (χ3n) is 2.55. The molecule has 1 N–H and O–H groups in total. The van der Waals surface area contributed by atoms with Crippen molar-refractivity contribution in [1.82, 2.24) is 0 Å². The predicted octanol–water partition coefficient (Wildman–Crippen LogP) is 4.29. The largest absolute Gasteiger partial charge is 0.392 e. The molecule has 0 unspecified atom stereocenters. The van der Waals surface area contributed by atoms with Gasteiger partial charge in [0.2, 0.25) is 0 Å². The van der Waals surface area contributed by atoms with Crippen LogP contribution in [0.4, 0.5) is 0 Å². The van der Waals surface area contributed by atoms with Crippen molar-refractivity contribution in [3.05, 3.63) is 58.6 Å². The molecule has 3 heteroatoms. The monoisotopic (exact) mass is 264 g/mol. The lowest BCUT2D eigenvalue weighted by Gasteiger charge is -2.07. The van der Waals surface area contributed by atoms with Gasteiger partial charge in [-0.25, -0.2) is 0 Å². The average molecular weight is 265 g/mol. The van der Waals surface area contributed by atoms with Gasteiger partial charge in [-0.1, -0.05) is 41.6 Å². The molecule has 1 nitrogen and oxygen atoms in total. The lowest BCUT2D eigenvalue weighted by Crippen LogP contribution is -1.88. The maximum Gasteiger partial charge on any atom is 0.0684 e. The summed E-state index contributed by atoms with van der Waals surface area (Å²) >= 11 is 7.75. The fourth-order valence-electron chi connectivity index (χ4n) is 1.56. The first-order valence-corrected chi connectivity index (χ1v) is 6.53. The van der Waals surface area contributed by atoms with Crippen molar-refractivity contribution in [2.75, 3.05) is 0 Å². The van der Waals surface area contributed by atoms with Crippen LogP contribution in [0.5, 0.6) is 0 Å². The lowest BCUT2D eigenvalue weighted by atomic mass is 10.1. The normalized spacial score (nSPS) is 10.5. The summed E-state index contributed by atoms with van der Waals surface area (Å²) in [5.41, 5.74) is 2.07. The predicted molar refractivity (Wildman–Crippen MR) is 72.7 cm³/mol. The fraction of sp³-hybridized carbons (Fsp3) is 0.143.